The molecule has 0 atom stereocenters. The molecule has 0 saturated heterocycles. The molecule has 3 heteroatoms. The first kappa shape index (κ1) is 11.3. The molecule has 0 aromatic heterocycles. The van der Waals surface area contributed by atoms with E-state index in [0.717, 1.165) is 32.3 Å². The molecule has 0 aliphatic carbocycles. The Labute approximate surface area is 87.2 Å². The molecule has 1 aliphatic heterocycles. The summed E-state index contributed by atoms with van der Waals surface area (Å²) in [7, 11) is 0. The fourth-order valence-corrected chi connectivity index (χ4v) is 1.52. The Morgan fingerprint density at radius 3 is 2.29 bits per heavy atom. The molecule has 0 amide bonds. The minimum absolute atomic E-state index is 0.768. The van der Waals surface area contributed by atoms with Crippen molar-refractivity contribution in [3.8, 4) is 0 Å². The average molecular weight is 198 g/mol. The van der Waals surface area contributed by atoms with Crippen molar-refractivity contribution in [1.82, 2.24) is 4.90 Å². The van der Waals surface area contributed by atoms with Gasteiger partial charge in [0.2, 0.25) is 0 Å². The summed E-state index contributed by atoms with van der Waals surface area (Å²) in [6.45, 7) is 8.23. The van der Waals surface area contributed by atoms with Gasteiger partial charge in [-0.05, 0) is 12.8 Å². The third-order valence-corrected chi connectivity index (χ3v) is 2.40. The Hall–Kier alpha value is -0.730. The van der Waals surface area contributed by atoms with E-state index in [4.69, 9.17) is 4.74 Å². The maximum absolute atomic E-state index is 5.49. The van der Waals surface area contributed by atoms with Gasteiger partial charge in [0.05, 0.1) is 6.54 Å². The predicted molar refractivity (Wildman–Crippen MR) is 59.6 cm³/mol. The summed E-state index contributed by atoms with van der Waals surface area (Å²) in [5.74, 6) is 0. The molecule has 0 aromatic rings. The first-order chi connectivity index (χ1) is 6.88. The topological polar surface area (TPSA) is 24.8 Å². The van der Waals surface area contributed by atoms with Crippen LogP contribution in [0.1, 0.15) is 39.5 Å². The Bertz CT molecular complexity index is 172. The van der Waals surface area contributed by atoms with Gasteiger partial charge in [-0.1, -0.05) is 26.7 Å². The molecule has 82 valence electrons. The number of unbranched alkanes of at least 4 members (excludes halogenated alkanes) is 2. The zero-order chi connectivity index (χ0) is 10.2. The van der Waals surface area contributed by atoms with Gasteiger partial charge < -0.3 is 9.64 Å². The van der Waals surface area contributed by atoms with Crippen LogP contribution >= 0.6 is 0 Å². The van der Waals surface area contributed by atoms with Gasteiger partial charge in [0.25, 0.3) is 6.02 Å². The lowest BCUT2D eigenvalue weighted by Gasteiger charge is -2.22. The lowest BCUT2D eigenvalue weighted by atomic mass is 10.3. The van der Waals surface area contributed by atoms with Crippen LogP contribution in [0.3, 0.4) is 0 Å². The minimum Gasteiger partial charge on any atom is -0.463 e. The van der Waals surface area contributed by atoms with Crippen LogP contribution in [-0.4, -0.2) is 37.2 Å². The van der Waals surface area contributed by atoms with Gasteiger partial charge in [-0.2, -0.15) is 0 Å². The smallest absolute Gasteiger partial charge is 0.287 e. The predicted octanol–water partition coefficient (Wildman–Crippen LogP) is 2.27. The number of hydrogen-bond acceptors (Lipinski definition) is 3. The maximum atomic E-state index is 5.49. The fraction of sp³-hybridized carbons (Fsp3) is 0.909. The van der Waals surface area contributed by atoms with E-state index in [2.05, 4.69) is 23.7 Å². The number of rotatable bonds is 6. The van der Waals surface area contributed by atoms with Gasteiger partial charge in [0.1, 0.15) is 6.61 Å². The van der Waals surface area contributed by atoms with E-state index in [1.165, 1.54) is 25.7 Å². The summed E-state index contributed by atoms with van der Waals surface area (Å²) in [6.07, 6.45) is 4.92. The van der Waals surface area contributed by atoms with Gasteiger partial charge in [-0.3, -0.25) is 0 Å². The first-order valence-electron chi connectivity index (χ1n) is 5.80. The summed E-state index contributed by atoms with van der Waals surface area (Å²) >= 11 is 0. The standard InChI is InChI=1S/C11H22N2O/c1-3-5-8-13(9-6-4-2)11-12-7-10-14-11/h3-10H2,1-2H3. The van der Waals surface area contributed by atoms with Gasteiger partial charge >= 0.3 is 0 Å². The van der Waals surface area contributed by atoms with Crippen LogP contribution in [0.15, 0.2) is 4.99 Å². The first-order valence-corrected chi connectivity index (χ1v) is 5.80. The third-order valence-electron chi connectivity index (χ3n) is 2.40. The molecule has 1 rings (SSSR count). The Kier molecular flexibility index (Phi) is 5.42. The van der Waals surface area contributed by atoms with Gasteiger partial charge in [-0.15, -0.1) is 0 Å². The molecule has 0 saturated carbocycles. The molecule has 0 fully saturated rings. The Balaban J connectivity index is 2.34. The summed E-state index contributed by atoms with van der Waals surface area (Å²) in [5.41, 5.74) is 0. The molecule has 14 heavy (non-hydrogen) atoms. The number of nitrogens with zero attached hydrogens (tertiary/aromatic N) is 2. The average Bonchev–Trinajstić information content (AvgIpc) is 2.71. The Morgan fingerprint density at radius 2 is 1.86 bits per heavy atom. The van der Waals surface area contributed by atoms with E-state index >= 15 is 0 Å². The van der Waals surface area contributed by atoms with Gasteiger partial charge in [-0.25, -0.2) is 4.99 Å². The molecule has 0 N–H and O–H groups in total. The molecule has 3 nitrogen and oxygen atoms in total. The van der Waals surface area contributed by atoms with Crippen LogP contribution in [0, 0.1) is 0 Å². The van der Waals surface area contributed by atoms with Crippen LogP contribution in [-0.2, 0) is 4.74 Å². The van der Waals surface area contributed by atoms with Crippen molar-refractivity contribution in [1.29, 1.82) is 0 Å². The molecular formula is C11H22N2O. The van der Waals surface area contributed by atoms with Crippen molar-refractivity contribution >= 4 is 6.02 Å². The van der Waals surface area contributed by atoms with E-state index in [9.17, 15) is 0 Å². The fourth-order valence-electron chi connectivity index (χ4n) is 1.52. The normalized spacial score (nSPS) is 15.1. The largest absolute Gasteiger partial charge is 0.463 e. The zero-order valence-electron chi connectivity index (χ0n) is 9.46. The van der Waals surface area contributed by atoms with Crippen molar-refractivity contribution < 1.29 is 4.74 Å². The van der Waals surface area contributed by atoms with E-state index in [-0.39, 0.29) is 0 Å². The van der Waals surface area contributed by atoms with Crippen LogP contribution in [0.2, 0.25) is 0 Å². The summed E-state index contributed by atoms with van der Waals surface area (Å²) in [4.78, 5) is 6.65. The highest BCUT2D eigenvalue weighted by molar-refractivity contribution is 5.75. The molecular weight excluding hydrogens is 176 g/mol. The summed E-state index contributed by atoms with van der Waals surface area (Å²) < 4.78 is 5.49. The van der Waals surface area contributed by atoms with Crippen molar-refractivity contribution in [2.45, 2.75) is 39.5 Å². The Morgan fingerprint density at radius 1 is 1.21 bits per heavy atom. The molecule has 1 heterocycles. The van der Waals surface area contributed by atoms with Crippen molar-refractivity contribution in [3.05, 3.63) is 0 Å². The molecule has 0 radical (unpaired) electrons. The lowest BCUT2D eigenvalue weighted by molar-refractivity contribution is 0.258. The second kappa shape index (κ2) is 6.68. The van der Waals surface area contributed by atoms with E-state index in [0.29, 0.717) is 0 Å². The van der Waals surface area contributed by atoms with E-state index < -0.39 is 0 Å². The van der Waals surface area contributed by atoms with E-state index in [1.807, 2.05) is 0 Å². The van der Waals surface area contributed by atoms with Crippen molar-refractivity contribution in [2.24, 2.45) is 4.99 Å². The molecule has 0 bridgehead atoms. The van der Waals surface area contributed by atoms with Crippen LogP contribution in [0.25, 0.3) is 0 Å². The second-order valence-corrected chi connectivity index (χ2v) is 3.71. The quantitative estimate of drug-likeness (QED) is 0.654. The lowest BCUT2D eigenvalue weighted by Crippen LogP contribution is -2.33. The molecule has 0 unspecified atom stereocenters. The summed E-state index contributed by atoms with van der Waals surface area (Å²) in [5, 5.41) is 0. The van der Waals surface area contributed by atoms with Gasteiger partial charge in [0, 0.05) is 13.1 Å². The van der Waals surface area contributed by atoms with Crippen molar-refractivity contribution in [2.75, 3.05) is 26.2 Å². The molecule has 0 spiro atoms. The SMILES string of the molecule is CCCCN(CCCC)C1=NCCO1. The van der Waals surface area contributed by atoms with Gasteiger partial charge in [0.15, 0.2) is 0 Å². The maximum Gasteiger partial charge on any atom is 0.287 e. The van der Waals surface area contributed by atoms with Crippen LogP contribution in [0.4, 0.5) is 0 Å². The number of ether oxygens (including phenoxy) is 1. The van der Waals surface area contributed by atoms with E-state index in [1.54, 1.807) is 0 Å². The molecule has 0 aromatic carbocycles. The minimum atomic E-state index is 0.768. The number of amidine groups is 1. The third kappa shape index (κ3) is 3.56. The highest BCUT2D eigenvalue weighted by Gasteiger charge is 2.15. The highest BCUT2D eigenvalue weighted by atomic mass is 16.5. The number of hydrogen-bond donors (Lipinski definition) is 0. The number of aliphatic imine (C=N–C) groups is 1. The zero-order valence-corrected chi connectivity index (χ0v) is 9.46. The summed E-state index contributed by atoms with van der Waals surface area (Å²) in [6, 6.07) is 0.881. The van der Waals surface area contributed by atoms with Crippen LogP contribution in [0.5, 0.6) is 0 Å². The molecule has 1 aliphatic rings. The highest BCUT2D eigenvalue weighted by Crippen LogP contribution is 2.05. The van der Waals surface area contributed by atoms with Crippen molar-refractivity contribution in [3.63, 3.8) is 0 Å². The monoisotopic (exact) mass is 198 g/mol. The van der Waals surface area contributed by atoms with Crippen LogP contribution < -0.4 is 0 Å². The second-order valence-electron chi connectivity index (χ2n) is 3.71.